The lowest BCUT2D eigenvalue weighted by Crippen LogP contribution is -2.24. The number of rotatable bonds is 3. The van der Waals surface area contributed by atoms with Gasteiger partial charge >= 0.3 is 0 Å². The summed E-state index contributed by atoms with van der Waals surface area (Å²) in [6.07, 6.45) is 0.850. The molecule has 3 N–H and O–H groups in total. The fraction of sp³-hybridized carbons (Fsp3) is 0.250. The Bertz CT molecular complexity index is 265. The number of halogens is 2. The minimum atomic E-state index is 0.737. The Morgan fingerprint density at radius 3 is 2.83 bits per heavy atom. The van der Waals surface area contributed by atoms with Crippen LogP contribution in [0.2, 0.25) is 5.02 Å². The third kappa shape index (κ3) is 2.75. The average Bonchev–Trinajstić information content (AvgIpc) is 2.03. The molecule has 1 rings (SSSR count). The molecule has 0 unspecified atom stereocenters. The zero-order valence-electron chi connectivity index (χ0n) is 6.48. The van der Waals surface area contributed by atoms with Crippen LogP contribution in [0.4, 0.5) is 0 Å². The molecule has 12 heavy (non-hydrogen) atoms. The third-order valence-electron chi connectivity index (χ3n) is 1.55. The molecule has 0 radical (unpaired) electrons. The van der Waals surface area contributed by atoms with E-state index in [1.807, 2.05) is 18.2 Å². The van der Waals surface area contributed by atoms with Gasteiger partial charge in [0.1, 0.15) is 0 Å². The van der Waals surface area contributed by atoms with E-state index < -0.39 is 0 Å². The second-order valence-corrected chi connectivity index (χ2v) is 3.76. The Morgan fingerprint density at radius 2 is 2.25 bits per heavy atom. The summed E-state index contributed by atoms with van der Waals surface area (Å²) < 4.78 is 0.997. The van der Waals surface area contributed by atoms with E-state index in [4.69, 9.17) is 17.4 Å². The summed E-state index contributed by atoms with van der Waals surface area (Å²) in [4.78, 5) is 0. The van der Waals surface area contributed by atoms with Gasteiger partial charge in [-0.3, -0.25) is 11.3 Å². The fourth-order valence-corrected chi connectivity index (χ4v) is 1.70. The molecule has 1 aromatic rings. The standard InChI is InChI=1S/C8H10BrClN2/c9-7-2-1-6(3-4-12-11)8(10)5-7/h1-2,5,12H,3-4,11H2. The van der Waals surface area contributed by atoms with Gasteiger partial charge in [-0.05, 0) is 24.1 Å². The first-order chi connectivity index (χ1) is 5.74. The van der Waals surface area contributed by atoms with Crippen LogP contribution in [-0.4, -0.2) is 6.54 Å². The number of benzene rings is 1. The maximum atomic E-state index is 5.97. The summed E-state index contributed by atoms with van der Waals surface area (Å²) in [5.74, 6) is 5.15. The maximum absolute atomic E-state index is 5.97. The van der Waals surface area contributed by atoms with Crippen molar-refractivity contribution < 1.29 is 0 Å². The van der Waals surface area contributed by atoms with E-state index in [1.165, 1.54) is 0 Å². The lowest BCUT2D eigenvalue weighted by atomic mass is 10.1. The molecule has 66 valence electrons. The Labute approximate surface area is 85.2 Å². The van der Waals surface area contributed by atoms with E-state index in [0.29, 0.717) is 0 Å². The summed E-state index contributed by atoms with van der Waals surface area (Å²) in [5.41, 5.74) is 3.70. The molecule has 0 spiro atoms. The van der Waals surface area contributed by atoms with Crippen LogP contribution in [0.3, 0.4) is 0 Å². The molecule has 2 nitrogen and oxygen atoms in total. The Hall–Kier alpha value is -0.0900. The van der Waals surface area contributed by atoms with Gasteiger partial charge in [0, 0.05) is 16.0 Å². The van der Waals surface area contributed by atoms with Gasteiger partial charge in [-0.2, -0.15) is 0 Å². The van der Waals surface area contributed by atoms with Crippen molar-refractivity contribution in [2.75, 3.05) is 6.54 Å². The predicted octanol–water partition coefficient (Wildman–Crippen LogP) is 2.11. The summed E-state index contributed by atoms with van der Waals surface area (Å²) in [6.45, 7) is 0.737. The number of nitrogens with two attached hydrogens (primary N) is 1. The highest BCUT2D eigenvalue weighted by atomic mass is 79.9. The lowest BCUT2D eigenvalue weighted by Gasteiger charge is -2.03. The van der Waals surface area contributed by atoms with Gasteiger partial charge in [0.05, 0.1) is 0 Å². The van der Waals surface area contributed by atoms with E-state index in [2.05, 4.69) is 21.4 Å². The molecule has 0 bridgehead atoms. The Morgan fingerprint density at radius 1 is 1.50 bits per heavy atom. The van der Waals surface area contributed by atoms with Gasteiger partial charge < -0.3 is 0 Å². The van der Waals surface area contributed by atoms with E-state index >= 15 is 0 Å². The normalized spacial score (nSPS) is 10.2. The van der Waals surface area contributed by atoms with Gasteiger partial charge in [-0.1, -0.05) is 33.6 Å². The van der Waals surface area contributed by atoms with E-state index in [-0.39, 0.29) is 0 Å². The van der Waals surface area contributed by atoms with Crippen molar-refractivity contribution in [3.8, 4) is 0 Å². The molecule has 0 heterocycles. The smallest absolute Gasteiger partial charge is 0.0449 e. The highest BCUT2D eigenvalue weighted by Crippen LogP contribution is 2.21. The van der Waals surface area contributed by atoms with Gasteiger partial charge in [-0.15, -0.1) is 0 Å². The van der Waals surface area contributed by atoms with E-state index in [9.17, 15) is 0 Å². The number of hydrogen-bond donors (Lipinski definition) is 2. The molecule has 0 amide bonds. The topological polar surface area (TPSA) is 38.0 Å². The van der Waals surface area contributed by atoms with Crippen LogP contribution in [0.15, 0.2) is 22.7 Å². The molecular formula is C8H10BrClN2. The molecule has 0 saturated heterocycles. The highest BCUT2D eigenvalue weighted by molar-refractivity contribution is 9.10. The van der Waals surface area contributed by atoms with Crippen LogP contribution < -0.4 is 11.3 Å². The average molecular weight is 250 g/mol. The first-order valence-corrected chi connectivity index (χ1v) is 4.78. The van der Waals surface area contributed by atoms with Gasteiger partial charge in [0.15, 0.2) is 0 Å². The molecule has 0 aliphatic rings. The molecule has 0 aliphatic heterocycles. The summed E-state index contributed by atoms with van der Waals surface area (Å²) in [6, 6.07) is 5.84. The quantitative estimate of drug-likeness (QED) is 0.636. The first kappa shape index (κ1) is 9.99. The largest absolute Gasteiger partial charge is 0.271 e. The molecule has 0 saturated carbocycles. The first-order valence-electron chi connectivity index (χ1n) is 3.61. The van der Waals surface area contributed by atoms with Crippen molar-refractivity contribution in [3.63, 3.8) is 0 Å². The zero-order valence-corrected chi connectivity index (χ0v) is 8.82. The molecular weight excluding hydrogens is 239 g/mol. The van der Waals surface area contributed by atoms with Crippen molar-refractivity contribution in [2.24, 2.45) is 5.84 Å². The SMILES string of the molecule is NNCCc1ccc(Br)cc1Cl. The number of hydrogen-bond acceptors (Lipinski definition) is 2. The minimum Gasteiger partial charge on any atom is -0.271 e. The molecule has 0 fully saturated rings. The fourth-order valence-electron chi connectivity index (χ4n) is 0.931. The highest BCUT2D eigenvalue weighted by Gasteiger charge is 1.99. The van der Waals surface area contributed by atoms with Crippen LogP contribution in [0.5, 0.6) is 0 Å². The number of hydrazine groups is 1. The second-order valence-electron chi connectivity index (χ2n) is 2.44. The van der Waals surface area contributed by atoms with Gasteiger partial charge in [-0.25, -0.2) is 0 Å². The van der Waals surface area contributed by atoms with Crippen molar-refractivity contribution in [3.05, 3.63) is 33.3 Å². The summed E-state index contributed by atoms with van der Waals surface area (Å²) in [7, 11) is 0. The van der Waals surface area contributed by atoms with Crippen LogP contribution in [-0.2, 0) is 6.42 Å². The Balaban J connectivity index is 2.72. The maximum Gasteiger partial charge on any atom is 0.0449 e. The van der Waals surface area contributed by atoms with Crippen molar-refractivity contribution >= 4 is 27.5 Å². The predicted molar refractivity (Wildman–Crippen MR) is 55.0 cm³/mol. The van der Waals surface area contributed by atoms with Crippen molar-refractivity contribution in [1.29, 1.82) is 0 Å². The van der Waals surface area contributed by atoms with Gasteiger partial charge in [0.2, 0.25) is 0 Å². The van der Waals surface area contributed by atoms with Crippen LogP contribution in [0.25, 0.3) is 0 Å². The van der Waals surface area contributed by atoms with Crippen LogP contribution >= 0.6 is 27.5 Å². The van der Waals surface area contributed by atoms with Crippen LogP contribution in [0, 0.1) is 0 Å². The summed E-state index contributed by atoms with van der Waals surface area (Å²) >= 11 is 9.31. The molecule has 0 aromatic heterocycles. The van der Waals surface area contributed by atoms with Gasteiger partial charge in [0.25, 0.3) is 0 Å². The minimum absolute atomic E-state index is 0.737. The van der Waals surface area contributed by atoms with E-state index in [0.717, 1.165) is 28.0 Å². The molecule has 4 heteroatoms. The lowest BCUT2D eigenvalue weighted by molar-refractivity contribution is 0.728. The van der Waals surface area contributed by atoms with E-state index in [1.54, 1.807) is 0 Å². The molecule has 0 atom stereocenters. The van der Waals surface area contributed by atoms with Crippen molar-refractivity contribution in [1.82, 2.24) is 5.43 Å². The third-order valence-corrected chi connectivity index (χ3v) is 2.40. The van der Waals surface area contributed by atoms with Crippen molar-refractivity contribution in [2.45, 2.75) is 6.42 Å². The number of nitrogens with one attached hydrogen (secondary N) is 1. The zero-order chi connectivity index (χ0) is 8.97. The molecule has 0 aliphatic carbocycles. The monoisotopic (exact) mass is 248 g/mol. The second kappa shape index (κ2) is 4.82. The summed E-state index contributed by atoms with van der Waals surface area (Å²) in [5, 5.41) is 0.777. The van der Waals surface area contributed by atoms with Crippen LogP contribution in [0.1, 0.15) is 5.56 Å². The Kier molecular flexibility index (Phi) is 4.01. The molecule has 1 aromatic carbocycles.